The van der Waals surface area contributed by atoms with Crippen LogP contribution in [0.1, 0.15) is 26.9 Å². The van der Waals surface area contributed by atoms with Crippen LogP contribution in [0, 0.1) is 12.7 Å². The van der Waals surface area contributed by atoms with Crippen LogP contribution < -0.4 is 9.62 Å². The van der Waals surface area contributed by atoms with E-state index in [1.165, 1.54) is 47.0 Å². The highest BCUT2D eigenvalue weighted by atomic mass is 32.2. The van der Waals surface area contributed by atoms with E-state index in [0.29, 0.717) is 16.8 Å². The molecule has 164 valence electrons. The summed E-state index contributed by atoms with van der Waals surface area (Å²) in [5, 5.41) is -0.471. The lowest BCUT2D eigenvalue weighted by molar-refractivity contribution is -0.115. The lowest BCUT2D eigenvalue weighted by Crippen LogP contribution is -2.34. The van der Waals surface area contributed by atoms with E-state index in [2.05, 4.69) is 4.72 Å². The zero-order chi connectivity index (χ0) is 22.9. The number of hydrogen-bond donors (Lipinski definition) is 1. The number of halogens is 1. The summed E-state index contributed by atoms with van der Waals surface area (Å²) in [5.41, 5.74) is 1.73. The Hall–Kier alpha value is -3.17. The Bertz CT molecular complexity index is 1280. The second kappa shape index (κ2) is 8.76. The average Bonchev–Trinajstić information content (AvgIpc) is 3.15. The topological polar surface area (TPSA) is 83.6 Å². The zero-order valence-corrected chi connectivity index (χ0v) is 18.6. The van der Waals surface area contributed by atoms with Gasteiger partial charge in [-0.05, 0) is 48.4 Å². The first-order chi connectivity index (χ1) is 15.3. The van der Waals surface area contributed by atoms with Crippen LogP contribution in [0.25, 0.3) is 0 Å². The summed E-state index contributed by atoms with van der Waals surface area (Å²) in [4.78, 5) is 27.4. The largest absolute Gasteiger partial charge is 0.294 e. The molecule has 1 aliphatic heterocycles. The standard InChI is InChI=1S/C23H19FN2O4S2/c1-15-6-5-9-19(22(28)25-32(29,30)18-7-3-2-4-8-18)21(15)26-20(27)14-31-23(26)16-10-12-17(24)13-11-16/h2-13,23H,14H2,1H3,(H,25,28). The third-order valence-corrected chi connectivity index (χ3v) is 7.59. The fraction of sp³-hybridized carbons (Fsp3) is 0.130. The van der Waals surface area contributed by atoms with E-state index < -0.39 is 27.1 Å². The molecule has 0 saturated carbocycles. The average molecular weight is 471 g/mol. The summed E-state index contributed by atoms with van der Waals surface area (Å²) in [6, 6.07) is 18.2. The molecule has 1 fully saturated rings. The van der Waals surface area contributed by atoms with Crippen LogP contribution in [-0.2, 0) is 14.8 Å². The number of nitrogens with one attached hydrogen (secondary N) is 1. The molecule has 1 N–H and O–H groups in total. The zero-order valence-electron chi connectivity index (χ0n) is 17.0. The Kier molecular flexibility index (Phi) is 6.03. The van der Waals surface area contributed by atoms with E-state index in [9.17, 15) is 22.4 Å². The molecule has 1 unspecified atom stereocenters. The number of hydrogen-bond acceptors (Lipinski definition) is 5. The van der Waals surface area contributed by atoms with Gasteiger partial charge in [0.2, 0.25) is 5.91 Å². The maximum Gasteiger partial charge on any atom is 0.267 e. The summed E-state index contributed by atoms with van der Waals surface area (Å²) >= 11 is 1.36. The first-order valence-corrected chi connectivity index (χ1v) is 12.2. The number of nitrogens with zero attached hydrogens (tertiary/aromatic N) is 1. The van der Waals surface area contributed by atoms with E-state index >= 15 is 0 Å². The molecule has 2 amide bonds. The number of carbonyl (C=O) groups excluding carboxylic acids is 2. The lowest BCUT2D eigenvalue weighted by atomic mass is 10.0. The van der Waals surface area contributed by atoms with Gasteiger partial charge in [0.25, 0.3) is 15.9 Å². The third-order valence-electron chi connectivity index (χ3n) is 5.03. The number of para-hydroxylation sites is 1. The number of carbonyl (C=O) groups is 2. The smallest absolute Gasteiger partial charge is 0.267 e. The molecule has 3 aromatic rings. The molecule has 3 aromatic carbocycles. The van der Waals surface area contributed by atoms with Crippen molar-refractivity contribution in [3.63, 3.8) is 0 Å². The van der Waals surface area contributed by atoms with Gasteiger partial charge in [0.1, 0.15) is 11.2 Å². The molecule has 1 atom stereocenters. The maximum atomic E-state index is 13.4. The number of aryl methyl sites for hydroxylation is 1. The molecule has 0 bridgehead atoms. The van der Waals surface area contributed by atoms with Crippen LogP contribution in [0.3, 0.4) is 0 Å². The fourth-order valence-corrected chi connectivity index (χ4v) is 5.69. The predicted molar refractivity (Wildman–Crippen MR) is 121 cm³/mol. The second-order valence-electron chi connectivity index (χ2n) is 7.20. The van der Waals surface area contributed by atoms with Crippen molar-refractivity contribution in [2.45, 2.75) is 17.2 Å². The molecule has 0 aliphatic carbocycles. The van der Waals surface area contributed by atoms with Gasteiger partial charge in [-0.1, -0.05) is 42.5 Å². The summed E-state index contributed by atoms with van der Waals surface area (Å²) in [6.45, 7) is 1.75. The minimum atomic E-state index is -4.09. The molecular formula is C23H19FN2O4S2. The van der Waals surface area contributed by atoms with Gasteiger partial charge in [-0.25, -0.2) is 17.5 Å². The first kappa shape index (κ1) is 22.0. The Morgan fingerprint density at radius 2 is 1.72 bits per heavy atom. The molecule has 1 aliphatic rings. The van der Waals surface area contributed by atoms with E-state index in [0.717, 1.165) is 0 Å². The van der Waals surface area contributed by atoms with Crippen LogP contribution >= 0.6 is 11.8 Å². The minimum Gasteiger partial charge on any atom is -0.294 e. The van der Waals surface area contributed by atoms with Gasteiger partial charge in [0.05, 0.1) is 21.9 Å². The van der Waals surface area contributed by atoms with Crippen molar-refractivity contribution in [1.82, 2.24) is 4.72 Å². The molecule has 1 heterocycles. The van der Waals surface area contributed by atoms with Crippen molar-refractivity contribution in [2.75, 3.05) is 10.7 Å². The normalized spacial score (nSPS) is 16.2. The highest BCUT2D eigenvalue weighted by Gasteiger charge is 2.37. The highest BCUT2D eigenvalue weighted by molar-refractivity contribution is 8.00. The van der Waals surface area contributed by atoms with E-state index in [1.54, 1.807) is 49.4 Å². The van der Waals surface area contributed by atoms with E-state index in [4.69, 9.17) is 0 Å². The third kappa shape index (κ3) is 4.26. The molecule has 0 spiro atoms. The van der Waals surface area contributed by atoms with Crippen molar-refractivity contribution in [1.29, 1.82) is 0 Å². The van der Waals surface area contributed by atoms with Crippen LogP contribution in [-0.4, -0.2) is 26.0 Å². The van der Waals surface area contributed by atoms with Gasteiger partial charge >= 0.3 is 0 Å². The van der Waals surface area contributed by atoms with Crippen molar-refractivity contribution < 1.29 is 22.4 Å². The van der Waals surface area contributed by atoms with Crippen LogP contribution in [0.4, 0.5) is 10.1 Å². The van der Waals surface area contributed by atoms with Gasteiger partial charge in [-0.3, -0.25) is 14.5 Å². The summed E-state index contributed by atoms with van der Waals surface area (Å²) in [5.74, 6) is -1.27. The minimum absolute atomic E-state index is 0.0421. The van der Waals surface area contributed by atoms with Crippen molar-refractivity contribution in [2.24, 2.45) is 0 Å². The van der Waals surface area contributed by atoms with Gasteiger partial charge in [0.15, 0.2) is 0 Å². The van der Waals surface area contributed by atoms with E-state index in [1.807, 2.05) is 0 Å². The van der Waals surface area contributed by atoms with Crippen molar-refractivity contribution in [3.05, 3.63) is 95.3 Å². The number of anilines is 1. The van der Waals surface area contributed by atoms with Crippen molar-refractivity contribution >= 4 is 39.3 Å². The number of sulfonamides is 1. The van der Waals surface area contributed by atoms with Crippen molar-refractivity contribution in [3.8, 4) is 0 Å². The number of benzene rings is 3. The molecule has 1 saturated heterocycles. The number of amides is 2. The molecule has 9 heteroatoms. The van der Waals surface area contributed by atoms with Gasteiger partial charge < -0.3 is 0 Å². The van der Waals surface area contributed by atoms with Crippen LogP contribution in [0.15, 0.2) is 77.7 Å². The van der Waals surface area contributed by atoms with Crippen LogP contribution in [0.5, 0.6) is 0 Å². The summed E-state index contributed by atoms with van der Waals surface area (Å²) in [6.07, 6.45) is 0. The molecule has 32 heavy (non-hydrogen) atoms. The Labute approximate surface area is 189 Å². The summed E-state index contributed by atoms with van der Waals surface area (Å²) < 4.78 is 40.8. The number of thioether (sulfide) groups is 1. The summed E-state index contributed by atoms with van der Waals surface area (Å²) in [7, 11) is -4.09. The second-order valence-corrected chi connectivity index (χ2v) is 9.95. The Balaban J connectivity index is 1.73. The molecule has 4 rings (SSSR count). The first-order valence-electron chi connectivity index (χ1n) is 9.69. The fourth-order valence-electron chi connectivity index (χ4n) is 3.54. The quantitative estimate of drug-likeness (QED) is 0.609. The van der Waals surface area contributed by atoms with Crippen LogP contribution in [0.2, 0.25) is 0 Å². The van der Waals surface area contributed by atoms with Gasteiger partial charge in [-0.2, -0.15) is 0 Å². The van der Waals surface area contributed by atoms with Gasteiger partial charge in [0, 0.05) is 0 Å². The SMILES string of the molecule is Cc1cccc(C(=O)NS(=O)(=O)c2ccccc2)c1N1C(=O)CSC1c1ccc(F)cc1. The number of rotatable bonds is 5. The maximum absolute atomic E-state index is 13.4. The van der Waals surface area contributed by atoms with E-state index in [-0.39, 0.29) is 22.1 Å². The lowest BCUT2D eigenvalue weighted by Gasteiger charge is -2.28. The Morgan fingerprint density at radius 1 is 1.03 bits per heavy atom. The predicted octanol–water partition coefficient (Wildman–Crippen LogP) is 4.03. The molecular weight excluding hydrogens is 451 g/mol. The Morgan fingerprint density at radius 3 is 2.41 bits per heavy atom. The van der Waals surface area contributed by atoms with Gasteiger partial charge in [-0.15, -0.1) is 11.8 Å². The molecule has 0 radical (unpaired) electrons. The highest BCUT2D eigenvalue weighted by Crippen LogP contribution is 2.44. The molecule has 0 aromatic heterocycles. The monoisotopic (exact) mass is 470 g/mol. The molecule has 6 nitrogen and oxygen atoms in total.